The molecule has 0 bridgehead atoms. The van der Waals surface area contributed by atoms with Gasteiger partial charge < -0.3 is 15.2 Å². The van der Waals surface area contributed by atoms with Crippen LogP contribution in [0.3, 0.4) is 0 Å². The average Bonchev–Trinajstić information content (AvgIpc) is 2.87. The third-order valence-electron chi connectivity index (χ3n) is 6.05. The van der Waals surface area contributed by atoms with Gasteiger partial charge in [0.2, 0.25) is 11.7 Å². The number of benzene rings is 2. The molecule has 1 atom stereocenters. The van der Waals surface area contributed by atoms with E-state index in [1.807, 2.05) is 26.0 Å². The molecule has 33 heavy (non-hydrogen) atoms. The summed E-state index contributed by atoms with van der Waals surface area (Å²) in [6.07, 6.45) is 0.825. The van der Waals surface area contributed by atoms with E-state index in [4.69, 9.17) is 4.74 Å². The predicted octanol–water partition coefficient (Wildman–Crippen LogP) is 4.47. The Morgan fingerprint density at radius 3 is 2.61 bits per heavy atom. The maximum atomic E-state index is 13.5. The van der Waals surface area contributed by atoms with E-state index in [0.717, 1.165) is 0 Å². The predicted molar refractivity (Wildman–Crippen MR) is 122 cm³/mol. The van der Waals surface area contributed by atoms with Crippen molar-refractivity contribution in [2.24, 2.45) is 5.41 Å². The van der Waals surface area contributed by atoms with E-state index >= 15 is 0 Å². The molecule has 0 saturated heterocycles. The second kappa shape index (κ2) is 7.91. The van der Waals surface area contributed by atoms with Crippen molar-refractivity contribution in [1.29, 1.82) is 0 Å². The lowest BCUT2D eigenvalue weighted by molar-refractivity contribution is -0.386. The lowest BCUT2D eigenvalue weighted by Gasteiger charge is -2.36. The number of fused-ring (bicyclic) bond motifs is 1. The van der Waals surface area contributed by atoms with Crippen LogP contribution in [0, 0.1) is 15.5 Å². The highest BCUT2D eigenvalue weighted by atomic mass is 16.6. The number of allylic oxidation sites excluding steroid dienone is 1. The quantitative estimate of drug-likeness (QED) is 0.521. The summed E-state index contributed by atoms with van der Waals surface area (Å²) in [6, 6.07) is 8.89. The first-order valence-corrected chi connectivity index (χ1v) is 10.5. The third kappa shape index (κ3) is 3.79. The number of nitrogens with zero attached hydrogens (tertiary/aromatic N) is 2. The van der Waals surface area contributed by atoms with Gasteiger partial charge in [-0.25, -0.2) is 0 Å². The van der Waals surface area contributed by atoms with Crippen LogP contribution in [-0.4, -0.2) is 28.8 Å². The number of ether oxygens (including phenoxy) is 1. The van der Waals surface area contributed by atoms with E-state index < -0.39 is 22.4 Å². The van der Waals surface area contributed by atoms with E-state index in [2.05, 4.69) is 5.32 Å². The summed E-state index contributed by atoms with van der Waals surface area (Å²) in [5.41, 5.74) is 1.69. The molecule has 0 fully saturated rings. The van der Waals surface area contributed by atoms with Crippen molar-refractivity contribution < 1.29 is 24.4 Å². The summed E-state index contributed by atoms with van der Waals surface area (Å²) in [4.78, 5) is 38.9. The van der Waals surface area contributed by atoms with Gasteiger partial charge in [0.15, 0.2) is 11.5 Å². The number of nitro benzene ring substituents is 1. The Morgan fingerprint density at radius 1 is 1.27 bits per heavy atom. The van der Waals surface area contributed by atoms with Crippen molar-refractivity contribution in [2.45, 2.75) is 39.7 Å². The van der Waals surface area contributed by atoms with Gasteiger partial charge in [0.25, 0.3) is 0 Å². The smallest absolute Gasteiger partial charge is 0.315 e. The topological polar surface area (TPSA) is 122 Å². The second-order valence-corrected chi connectivity index (χ2v) is 9.11. The molecule has 0 aromatic heterocycles. The van der Waals surface area contributed by atoms with Crippen LogP contribution in [-0.2, 0) is 9.59 Å². The van der Waals surface area contributed by atoms with Crippen LogP contribution < -0.4 is 15.0 Å². The molecule has 1 unspecified atom stereocenters. The lowest BCUT2D eigenvalue weighted by atomic mass is 9.73. The summed E-state index contributed by atoms with van der Waals surface area (Å²) < 4.78 is 5.19. The van der Waals surface area contributed by atoms with Gasteiger partial charge in [-0.15, -0.1) is 0 Å². The van der Waals surface area contributed by atoms with Crippen LogP contribution in [0.2, 0.25) is 0 Å². The zero-order valence-corrected chi connectivity index (χ0v) is 18.8. The normalized spacial score (nSPS) is 19.2. The van der Waals surface area contributed by atoms with Crippen LogP contribution >= 0.6 is 0 Å². The minimum atomic E-state index is -0.939. The molecule has 2 aromatic rings. The van der Waals surface area contributed by atoms with Crippen LogP contribution in [0.1, 0.15) is 45.2 Å². The Bertz CT molecular complexity index is 1220. The van der Waals surface area contributed by atoms with Gasteiger partial charge in [0.1, 0.15) is 0 Å². The number of hydrogen-bond acceptors (Lipinski definition) is 7. The van der Waals surface area contributed by atoms with E-state index in [1.165, 1.54) is 31.1 Å². The fourth-order valence-electron chi connectivity index (χ4n) is 4.72. The van der Waals surface area contributed by atoms with E-state index in [1.54, 1.807) is 12.1 Å². The molecule has 2 N–H and O–H groups in total. The van der Waals surface area contributed by atoms with Crippen molar-refractivity contribution in [2.75, 3.05) is 17.3 Å². The number of anilines is 2. The number of hydrogen-bond donors (Lipinski definition) is 2. The number of amides is 1. The number of aromatic hydroxyl groups is 1. The fraction of sp³-hybridized carbons (Fsp3) is 0.333. The SMILES string of the molecule is COc1cc(C2C3=C(CC(C)(C)CC3=O)Nc3ccccc3N2C(C)=O)cc([N+](=O)[O-])c1O. The molecule has 0 spiro atoms. The summed E-state index contributed by atoms with van der Waals surface area (Å²) >= 11 is 0. The zero-order chi connectivity index (χ0) is 24.1. The zero-order valence-electron chi connectivity index (χ0n) is 18.8. The van der Waals surface area contributed by atoms with Crippen molar-refractivity contribution in [3.8, 4) is 11.5 Å². The molecule has 2 aliphatic rings. The highest BCUT2D eigenvalue weighted by Gasteiger charge is 2.43. The number of carbonyl (C=O) groups is 2. The molecular formula is C24H25N3O6. The van der Waals surface area contributed by atoms with E-state index in [9.17, 15) is 24.8 Å². The second-order valence-electron chi connectivity index (χ2n) is 9.11. The molecule has 4 rings (SSSR count). The minimum absolute atomic E-state index is 0.112. The number of ketones is 1. The number of methoxy groups -OCH3 is 1. The molecule has 1 aliphatic carbocycles. The van der Waals surface area contributed by atoms with E-state index in [-0.39, 0.29) is 29.3 Å². The molecular weight excluding hydrogens is 426 g/mol. The largest absolute Gasteiger partial charge is 0.500 e. The minimum Gasteiger partial charge on any atom is -0.500 e. The van der Waals surface area contributed by atoms with Gasteiger partial charge in [-0.1, -0.05) is 26.0 Å². The highest BCUT2D eigenvalue weighted by Crippen LogP contribution is 2.50. The maximum Gasteiger partial charge on any atom is 0.315 e. The fourth-order valence-corrected chi connectivity index (χ4v) is 4.72. The monoisotopic (exact) mass is 451 g/mol. The first-order valence-electron chi connectivity index (χ1n) is 10.5. The Hall–Kier alpha value is -3.88. The summed E-state index contributed by atoms with van der Waals surface area (Å²) in [7, 11) is 1.29. The molecule has 172 valence electrons. The Balaban J connectivity index is 2.07. The average molecular weight is 451 g/mol. The van der Waals surface area contributed by atoms with Gasteiger partial charge in [-0.2, -0.15) is 0 Å². The molecule has 9 heteroatoms. The third-order valence-corrected chi connectivity index (χ3v) is 6.05. The maximum absolute atomic E-state index is 13.5. The van der Waals surface area contributed by atoms with Crippen molar-refractivity contribution in [1.82, 2.24) is 0 Å². The highest BCUT2D eigenvalue weighted by molar-refractivity contribution is 6.06. The summed E-state index contributed by atoms with van der Waals surface area (Å²) in [5, 5.41) is 25.3. The molecule has 1 heterocycles. The van der Waals surface area contributed by atoms with Crippen LogP contribution in [0.25, 0.3) is 0 Å². The van der Waals surface area contributed by atoms with Gasteiger partial charge in [-0.05, 0) is 35.6 Å². The van der Waals surface area contributed by atoms with Gasteiger partial charge >= 0.3 is 5.69 Å². The van der Waals surface area contributed by atoms with E-state index in [0.29, 0.717) is 34.6 Å². The first kappa shape index (κ1) is 22.3. The number of phenolic OH excluding ortho intramolecular Hbond substituents is 1. The van der Waals surface area contributed by atoms with Crippen molar-refractivity contribution in [3.05, 3.63) is 63.3 Å². The van der Waals surface area contributed by atoms with Gasteiger partial charge in [0, 0.05) is 30.7 Å². The van der Waals surface area contributed by atoms with Crippen molar-refractivity contribution in [3.63, 3.8) is 0 Å². The lowest BCUT2D eigenvalue weighted by Crippen LogP contribution is -2.38. The van der Waals surface area contributed by atoms with Gasteiger partial charge in [-0.3, -0.25) is 24.6 Å². The standard InChI is InChI=1S/C24H25N3O6/c1-13(28)26-17-8-6-5-7-15(17)25-16-11-24(2,3)12-19(29)21(16)22(26)14-9-18(27(31)32)23(30)20(10-14)33-4/h5-10,22,25,30H,11-12H2,1-4H3. The number of phenols is 1. The number of para-hydroxylation sites is 2. The Kier molecular flexibility index (Phi) is 5.35. The molecule has 1 aliphatic heterocycles. The Labute approximate surface area is 190 Å². The summed E-state index contributed by atoms with van der Waals surface area (Å²) in [5.74, 6) is -1.21. The number of rotatable bonds is 3. The molecule has 0 radical (unpaired) electrons. The van der Waals surface area contributed by atoms with Crippen LogP contribution in [0.4, 0.5) is 17.1 Å². The Morgan fingerprint density at radius 2 is 1.97 bits per heavy atom. The number of nitro groups is 1. The van der Waals surface area contributed by atoms with Crippen LogP contribution in [0.5, 0.6) is 11.5 Å². The number of carbonyl (C=O) groups excluding carboxylic acids is 2. The van der Waals surface area contributed by atoms with Crippen molar-refractivity contribution >= 4 is 28.8 Å². The number of Topliss-reactive ketones (excluding diaryl/α,β-unsaturated/α-hetero) is 1. The summed E-state index contributed by atoms with van der Waals surface area (Å²) in [6.45, 7) is 5.39. The van der Waals surface area contributed by atoms with Gasteiger partial charge in [0.05, 0.1) is 29.4 Å². The molecule has 0 saturated carbocycles. The molecule has 1 amide bonds. The van der Waals surface area contributed by atoms with Crippen LogP contribution in [0.15, 0.2) is 47.7 Å². The number of nitrogens with one attached hydrogen (secondary N) is 1. The first-order chi connectivity index (χ1) is 15.5. The molecule has 2 aromatic carbocycles. The molecule has 9 nitrogen and oxygen atoms in total.